The molecule has 1 heteroatoms. The standard InChI is InChI=1S/C42H29Br/c43-42-24-20-31(35-23-22-34(28-11-3-1-4-12-28)36-17-9-10-18-37(35)36)26-40(42)32-19-21-38-33-16-8-7-15-30(33)25-39(41(38)27-32)29-13-5-2-6-14-29/h1-24,26-27,39H,25H2. The molecule has 43 heavy (non-hydrogen) atoms. The summed E-state index contributed by atoms with van der Waals surface area (Å²) in [6.45, 7) is 0. The molecule has 0 radical (unpaired) electrons. The maximum Gasteiger partial charge on any atom is 0.0254 e. The molecule has 1 unspecified atom stereocenters. The molecule has 0 saturated heterocycles. The van der Waals surface area contributed by atoms with Crippen molar-refractivity contribution in [3.05, 3.63) is 179 Å². The third-order valence-corrected chi connectivity index (χ3v) is 9.65. The van der Waals surface area contributed by atoms with Gasteiger partial charge in [0.1, 0.15) is 0 Å². The van der Waals surface area contributed by atoms with Crippen LogP contribution in [-0.4, -0.2) is 0 Å². The van der Waals surface area contributed by atoms with Gasteiger partial charge in [-0.3, -0.25) is 0 Å². The molecule has 1 atom stereocenters. The average molecular weight is 614 g/mol. The first-order valence-electron chi connectivity index (χ1n) is 14.9. The molecule has 0 aliphatic heterocycles. The summed E-state index contributed by atoms with van der Waals surface area (Å²) < 4.78 is 1.11. The van der Waals surface area contributed by atoms with Gasteiger partial charge in [-0.1, -0.05) is 155 Å². The van der Waals surface area contributed by atoms with Gasteiger partial charge in [-0.2, -0.15) is 0 Å². The predicted octanol–water partition coefficient (Wildman–Crippen LogP) is 12.0. The van der Waals surface area contributed by atoms with Gasteiger partial charge in [-0.25, -0.2) is 0 Å². The van der Waals surface area contributed by atoms with Gasteiger partial charge >= 0.3 is 0 Å². The number of fused-ring (bicyclic) bond motifs is 4. The van der Waals surface area contributed by atoms with Gasteiger partial charge in [0.25, 0.3) is 0 Å². The Morgan fingerprint density at radius 2 is 1.00 bits per heavy atom. The lowest BCUT2D eigenvalue weighted by Crippen LogP contribution is -2.12. The van der Waals surface area contributed by atoms with Crippen LogP contribution in [0.3, 0.4) is 0 Å². The highest BCUT2D eigenvalue weighted by molar-refractivity contribution is 9.10. The Bertz CT molecular complexity index is 2110. The van der Waals surface area contributed by atoms with Crippen molar-refractivity contribution in [3.8, 4) is 44.5 Å². The molecule has 204 valence electrons. The number of halogens is 1. The highest BCUT2D eigenvalue weighted by Gasteiger charge is 2.26. The predicted molar refractivity (Wildman–Crippen MR) is 185 cm³/mol. The van der Waals surface area contributed by atoms with E-state index in [-0.39, 0.29) is 0 Å². The zero-order chi connectivity index (χ0) is 28.8. The number of benzene rings is 7. The number of hydrogen-bond acceptors (Lipinski definition) is 0. The molecule has 0 fully saturated rings. The Labute approximate surface area is 261 Å². The van der Waals surface area contributed by atoms with Gasteiger partial charge in [-0.15, -0.1) is 0 Å². The minimum atomic E-state index is 0.322. The van der Waals surface area contributed by atoms with Crippen LogP contribution in [0.1, 0.15) is 22.6 Å². The number of hydrogen-bond donors (Lipinski definition) is 0. The van der Waals surface area contributed by atoms with Gasteiger partial charge < -0.3 is 0 Å². The topological polar surface area (TPSA) is 0 Å². The van der Waals surface area contributed by atoms with E-state index in [1.165, 1.54) is 72.0 Å². The Morgan fingerprint density at radius 1 is 0.419 bits per heavy atom. The molecule has 0 spiro atoms. The summed E-state index contributed by atoms with van der Waals surface area (Å²) >= 11 is 3.91. The molecule has 7 aromatic carbocycles. The molecule has 0 N–H and O–H groups in total. The molecule has 0 saturated carbocycles. The summed E-state index contributed by atoms with van der Waals surface area (Å²) in [4.78, 5) is 0. The molecule has 1 aliphatic rings. The maximum absolute atomic E-state index is 3.91. The Balaban J connectivity index is 1.27. The van der Waals surface area contributed by atoms with Crippen LogP contribution in [0.25, 0.3) is 55.3 Å². The van der Waals surface area contributed by atoms with E-state index in [0.29, 0.717) is 5.92 Å². The Morgan fingerprint density at radius 3 is 1.77 bits per heavy atom. The third kappa shape index (κ3) is 4.61. The fourth-order valence-electron chi connectivity index (χ4n) is 6.87. The summed E-state index contributed by atoms with van der Waals surface area (Å²) in [6.07, 6.45) is 1.01. The lowest BCUT2D eigenvalue weighted by molar-refractivity contribution is 0.794. The highest BCUT2D eigenvalue weighted by atomic mass is 79.9. The largest absolute Gasteiger partial charge is 0.0622 e. The zero-order valence-corrected chi connectivity index (χ0v) is 25.3. The highest BCUT2D eigenvalue weighted by Crippen LogP contribution is 2.45. The van der Waals surface area contributed by atoms with E-state index in [4.69, 9.17) is 0 Å². The van der Waals surface area contributed by atoms with Crippen LogP contribution in [-0.2, 0) is 6.42 Å². The van der Waals surface area contributed by atoms with E-state index in [1.807, 2.05) is 0 Å². The van der Waals surface area contributed by atoms with Crippen LogP contribution in [0.4, 0.5) is 0 Å². The van der Waals surface area contributed by atoms with Crippen LogP contribution < -0.4 is 0 Å². The maximum atomic E-state index is 3.91. The van der Waals surface area contributed by atoms with Gasteiger partial charge in [-0.05, 0) is 96.6 Å². The van der Waals surface area contributed by atoms with E-state index in [1.54, 1.807) is 0 Å². The normalized spacial score (nSPS) is 13.8. The van der Waals surface area contributed by atoms with E-state index in [9.17, 15) is 0 Å². The molecular weight excluding hydrogens is 584 g/mol. The number of rotatable bonds is 4. The van der Waals surface area contributed by atoms with Crippen molar-refractivity contribution in [1.29, 1.82) is 0 Å². The third-order valence-electron chi connectivity index (χ3n) is 8.96. The van der Waals surface area contributed by atoms with Crippen molar-refractivity contribution in [1.82, 2.24) is 0 Å². The van der Waals surface area contributed by atoms with Crippen molar-refractivity contribution < 1.29 is 0 Å². The Hall–Kier alpha value is -4.72. The van der Waals surface area contributed by atoms with E-state index < -0.39 is 0 Å². The molecule has 0 amide bonds. The van der Waals surface area contributed by atoms with Crippen LogP contribution in [0, 0.1) is 0 Å². The first-order chi connectivity index (χ1) is 21.2. The first kappa shape index (κ1) is 25.9. The lowest BCUT2D eigenvalue weighted by atomic mass is 9.75. The van der Waals surface area contributed by atoms with Crippen molar-refractivity contribution in [2.45, 2.75) is 12.3 Å². The summed E-state index contributed by atoms with van der Waals surface area (Å²) in [5.41, 5.74) is 14.3. The van der Waals surface area contributed by atoms with Crippen molar-refractivity contribution in [2.75, 3.05) is 0 Å². The van der Waals surface area contributed by atoms with Gasteiger partial charge in [0.2, 0.25) is 0 Å². The van der Waals surface area contributed by atoms with Gasteiger partial charge in [0, 0.05) is 10.4 Å². The van der Waals surface area contributed by atoms with Gasteiger partial charge in [0.05, 0.1) is 0 Å². The summed E-state index contributed by atoms with van der Waals surface area (Å²) in [7, 11) is 0. The molecule has 8 rings (SSSR count). The molecule has 0 heterocycles. The van der Waals surface area contributed by atoms with Crippen LogP contribution in [0.2, 0.25) is 0 Å². The van der Waals surface area contributed by atoms with Crippen molar-refractivity contribution in [3.63, 3.8) is 0 Å². The molecule has 0 nitrogen and oxygen atoms in total. The second-order valence-electron chi connectivity index (χ2n) is 11.4. The van der Waals surface area contributed by atoms with E-state index in [2.05, 4.69) is 174 Å². The van der Waals surface area contributed by atoms with Crippen molar-refractivity contribution >= 4 is 26.7 Å². The second kappa shape index (κ2) is 10.8. The first-order valence-corrected chi connectivity index (χ1v) is 15.7. The smallest absolute Gasteiger partial charge is 0.0254 e. The van der Waals surface area contributed by atoms with Gasteiger partial charge in [0.15, 0.2) is 0 Å². The fraction of sp³-hybridized carbons (Fsp3) is 0.0476. The molecule has 1 aliphatic carbocycles. The van der Waals surface area contributed by atoms with Crippen LogP contribution in [0.5, 0.6) is 0 Å². The average Bonchev–Trinajstić information content (AvgIpc) is 3.08. The van der Waals surface area contributed by atoms with E-state index >= 15 is 0 Å². The van der Waals surface area contributed by atoms with Crippen LogP contribution in [0.15, 0.2) is 162 Å². The monoisotopic (exact) mass is 612 g/mol. The molecular formula is C42H29Br. The summed E-state index contributed by atoms with van der Waals surface area (Å²) in [6, 6.07) is 57.7. The zero-order valence-electron chi connectivity index (χ0n) is 23.7. The molecule has 0 bridgehead atoms. The second-order valence-corrected chi connectivity index (χ2v) is 12.2. The minimum absolute atomic E-state index is 0.322. The van der Waals surface area contributed by atoms with E-state index in [0.717, 1.165) is 10.9 Å². The summed E-state index contributed by atoms with van der Waals surface area (Å²) in [5, 5.41) is 2.54. The SMILES string of the molecule is Brc1ccc(-c2ccc(-c3ccccc3)c3ccccc23)cc1-c1ccc2c(c1)C(c1ccccc1)Cc1ccccc1-2. The van der Waals surface area contributed by atoms with Crippen LogP contribution >= 0.6 is 15.9 Å². The minimum Gasteiger partial charge on any atom is -0.0622 e. The quantitative estimate of drug-likeness (QED) is 0.185. The lowest BCUT2D eigenvalue weighted by Gasteiger charge is -2.29. The molecule has 7 aromatic rings. The Kier molecular flexibility index (Phi) is 6.54. The summed E-state index contributed by atoms with van der Waals surface area (Å²) in [5.74, 6) is 0.322. The fourth-order valence-corrected chi connectivity index (χ4v) is 7.35. The molecule has 0 aromatic heterocycles. The van der Waals surface area contributed by atoms with Crippen molar-refractivity contribution in [2.24, 2.45) is 0 Å².